The highest BCUT2D eigenvalue weighted by Crippen LogP contribution is 2.34. The van der Waals surface area contributed by atoms with Crippen molar-refractivity contribution >= 4 is 0 Å². The van der Waals surface area contributed by atoms with E-state index in [1.54, 1.807) is 0 Å². The Labute approximate surface area is 94.1 Å². The standard InChI is InChI=1S/C13H24N2/c1-4-13(8-5-9-13)15-10-6-7-12(2,3)11-14/h15H,4-10H2,1-3H3. The predicted octanol–water partition coefficient (Wildman–Crippen LogP) is 3.24. The molecular weight excluding hydrogens is 184 g/mol. The molecule has 1 aliphatic carbocycles. The van der Waals surface area contributed by atoms with Crippen LogP contribution in [0, 0.1) is 16.7 Å². The van der Waals surface area contributed by atoms with E-state index in [9.17, 15) is 0 Å². The molecule has 1 saturated carbocycles. The highest BCUT2D eigenvalue weighted by molar-refractivity contribution is 4.95. The van der Waals surface area contributed by atoms with Crippen molar-refractivity contribution in [3.05, 3.63) is 0 Å². The largest absolute Gasteiger partial charge is 0.311 e. The maximum absolute atomic E-state index is 8.89. The van der Waals surface area contributed by atoms with Crippen LogP contribution in [-0.4, -0.2) is 12.1 Å². The van der Waals surface area contributed by atoms with Gasteiger partial charge in [0.25, 0.3) is 0 Å². The van der Waals surface area contributed by atoms with E-state index >= 15 is 0 Å². The minimum absolute atomic E-state index is 0.152. The lowest BCUT2D eigenvalue weighted by molar-refractivity contribution is 0.175. The lowest BCUT2D eigenvalue weighted by Gasteiger charge is -2.42. The minimum atomic E-state index is -0.152. The van der Waals surface area contributed by atoms with E-state index in [0.29, 0.717) is 5.54 Å². The molecule has 15 heavy (non-hydrogen) atoms. The molecule has 86 valence electrons. The number of hydrogen-bond acceptors (Lipinski definition) is 2. The van der Waals surface area contributed by atoms with E-state index < -0.39 is 0 Å². The van der Waals surface area contributed by atoms with Crippen molar-refractivity contribution < 1.29 is 0 Å². The van der Waals surface area contributed by atoms with Crippen LogP contribution in [0.4, 0.5) is 0 Å². The first kappa shape index (κ1) is 12.5. The number of rotatable bonds is 6. The quantitative estimate of drug-likeness (QED) is 0.680. The highest BCUT2D eigenvalue weighted by atomic mass is 15.0. The summed E-state index contributed by atoms with van der Waals surface area (Å²) < 4.78 is 0. The molecule has 1 fully saturated rings. The van der Waals surface area contributed by atoms with Gasteiger partial charge in [-0.1, -0.05) is 6.92 Å². The normalized spacial score (nSPS) is 19.3. The van der Waals surface area contributed by atoms with Gasteiger partial charge < -0.3 is 5.32 Å². The summed E-state index contributed by atoms with van der Waals surface area (Å²) in [5.41, 5.74) is 0.303. The maximum atomic E-state index is 8.89. The Morgan fingerprint density at radius 3 is 2.47 bits per heavy atom. The molecule has 1 N–H and O–H groups in total. The lowest BCUT2D eigenvalue weighted by atomic mass is 9.75. The Kier molecular flexibility index (Phi) is 4.16. The van der Waals surface area contributed by atoms with Crippen LogP contribution < -0.4 is 5.32 Å². The smallest absolute Gasteiger partial charge is 0.0683 e. The Morgan fingerprint density at radius 2 is 2.07 bits per heavy atom. The van der Waals surface area contributed by atoms with Crippen LogP contribution >= 0.6 is 0 Å². The van der Waals surface area contributed by atoms with Crippen molar-refractivity contribution in [2.75, 3.05) is 6.54 Å². The van der Waals surface area contributed by atoms with E-state index in [1.165, 1.54) is 25.7 Å². The van der Waals surface area contributed by atoms with Gasteiger partial charge in [0.05, 0.1) is 11.5 Å². The second kappa shape index (κ2) is 4.99. The predicted molar refractivity (Wildman–Crippen MR) is 63.5 cm³/mol. The summed E-state index contributed by atoms with van der Waals surface area (Å²) in [7, 11) is 0. The van der Waals surface area contributed by atoms with Crippen molar-refractivity contribution in [2.24, 2.45) is 5.41 Å². The van der Waals surface area contributed by atoms with Gasteiger partial charge in [0, 0.05) is 5.54 Å². The third kappa shape index (κ3) is 3.50. The summed E-state index contributed by atoms with van der Waals surface area (Å²) in [5.74, 6) is 0. The van der Waals surface area contributed by atoms with Gasteiger partial charge in [-0.3, -0.25) is 0 Å². The topological polar surface area (TPSA) is 35.8 Å². The molecule has 0 heterocycles. The molecule has 0 aromatic heterocycles. The Balaban J connectivity index is 2.14. The molecule has 0 spiro atoms. The van der Waals surface area contributed by atoms with Crippen LogP contribution in [0.3, 0.4) is 0 Å². The van der Waals surface area contributed by atoms with E-state index in [2.05, 4.69) is 18.3 Å². The molecule has 0 saturated heterocycles. The molecule has 2 heteroatoms. The summed E-state index contributed by atoms with van der Waals surface area (Å²) in [5, 5.41) is 12.6. The van der Waals surface area contributed by atoms with E-state index in [1.807, 2.05) is 13.8 Å². The minimum Gasteiger partial charge on any atom is -0.311 e. The monoisotopic (exact) mass is 208 g/mol. The Morgan fingerprint density at radius 1 is 1.40 bits per heavy atom. The third-order valence-electron chi connectivity index (χ3n) is 3.77. The van der Waals surface area contributed by atoms with Gasteiger partial charge in [0.2, 0.25) is 0 Å². The van der Waals surface area contributed by atoms with Crippen molar-refractivity contribution in [2.45, 2.75) is 64.8 Å². The zero-order valence-electron chi connectivity index (χ0n) is 10.4. The zero-order chi connectivity index (χ0) is 11.4. The van der Waals surface area contributed by atoms with Crippen LogP contribution in [-0.2, 0) is 0 Å². The molecular formula is C13H24N2. The van der Waals surface area contributed by atoms with E-state index in [0.717, 1.165) is 19.4 Å². The van der Waals surface area contributed by atoms with Gasteiger partial charge in [-0.05, 0) is 58.9 Å². The molecule has 0 atom stereocenters. The molecule has 0 aliphatic heterocycles. The van der Waals surface area contributed by atoms with Crippen LogP contribution in [0.15, 0.2) is 0 Å². The first-order valence-corrected chi connectivity index (χ1v) is 6.20. The van der Waals surface area contributed by atoms with E-state index in [-0.39, 0.29) is 5.41 Å². The number of nitrogens with zero attached hydrogens (tertiary/aromatic N) is 1. The van der Waals surface area contributed by atoms with E-state index in [4.69, 9.17) is 5.26 Å². The molecule has 2 nitrogen and oxygen atoms in total. The lowest BCUT2D eigenvalue weighted by Crippen LogP contribution is -2.50. The van der Waals surface area contributed by atoms with Crippen molar-refractivity contribution in [3.8, 4) is 6.07 Å². The molecule has 0 radical (unpaired) electrons. The molecule has 1 rings (SSSR count). The fraction of sp³-hybridized carbons (Fsp3) is 0.923. The van der Waals surface area contributed by atoms with Gasteiger partial charge >= 0.3 is 0 Å². The van der Waals surface area contributed by atoms with Gasteiger partial charge in [-0.25, -0.2) is 0 Å². The van der Waals surface area contributed by atoms with Crippen molar-refractivity contribution in [1.82, 2.24) is 5.32 Å². The van der Waals surface area contributed by atoms with Crippen molar-refractivity contribution in [1.29, 1.82) is 5.26 Å². The van der Waals surface area contributed by atoms with Gasteiger partial charge in [-0.15, -0.1) is 0 Å². The molecule has 0 bridgehead atoms. The average Bonchev–Trinajstić information content (AvgIpc) is 2.16. The molecule has 0 amide bonds. The number of hydrogen-bond donors (Lipinski definition) is 1. The number of nitrogens with one attached hydrogen (secondary N) is 1. The highest BCUT2D eigenvalue weighted by Gasteiger charge is 2.33. The SMILES string of the molecule is CCC1(NCCCC(C)(C)C#N)CCC1. The second-order valence-corrected chi connectivity index (χ2v) is 5.51. The van der Waals surface area contributed by atoms with Gasteiger partial charge in [0.15, 0.2) is 0 Å². The second-order valence-electron chi connectivity index (χ2n) is 5.51. The maximum Gasteiger partial charge on any atom is 0.0683 e. The number of nitriles is 1. The van der Waals surface area contributed by atoms with Crippen LogP contribution in [0.5, 0.6) is 0 Å². The first-order chi connectivity index (χ1) is 7.04. The van der Waals surface area contributed by atoms with Gasteiger partial charge in [-0.2, -0.15) is 5.26 Å². The third-order valence-corrected chi connectivity index (χ3v) is 3.77. The molecule has 0 aromatic rings. The van der Waals surface area contributed by atoms with Crippen LogP contribution in [0.2, 0.25) is 0 Å². The average molecular weight is 208 g/mol. The molecule has 1 aliphatic rings. The Bertz CT molecular complexity index is 228. The van der Waals surface area contributed by atoms with Crippen molar-refractivity contribution in [3.63, 3.8) is 0 Å². The summed E-state index contributed by atoms with van der Waals surface area (Å²) in [4.78, 5) is 0. The summed E-state index contributed by atoms with van der Waals surface area (Å²) in [6.45, 7) is 7.38. The Hall–Kier alpha value is -0.550. The summed E-state index contributed by atoms with van der Waals surface area (Å²) in [6.07, 6.45) is 7.41. The zero-order valence-corrected chi connectivity index (χ0v) is 10.4. The fourth-order valence-electron chi connectivity index (χ4n) is 2.20. The molecule has 0 unspecified atom stereocenters. The van der Waals surface area contributed by atoms with Gasteiger partial charge in [0.1, 0.15) is 0 Å². The molecule has 0 aromatic carbocycles. The first-order valence-electron chi connectivity index (χ1n) is 6.20. The van der Waals surface area contributed by atoms with Crippen LogP contribution in [0.1, 0.15) is 59.3 Å². The summed E-state index contributed by atoms with van der Waals surface area (Å²) in [6, 6.07) is 2.35. The fourth-order valence-corrected chi connectivity index (χ4v) is 2.20. The summed E-state index contributed by atoms with van der Waals surface area (Å²) >= 11 is 0. The van der Waals surface area contributed by atoms with Crippen LogP contribution in [0.25, 0.3) is 0 Å².